The summed E-state index contributed by atoms with van der Waals surface area (Å²) in [7, 11) is 0. The topological polar surface area (TPSA) is 52.3 Å². The lowest BCUT2D eigenvalue weighted by Gasteiger charge is -1.97. The molecule has 0 atom stereocenters. The predicted octanol–water partition coefficient (Wildman–Crippen LogP) is 0.0253. The Morgan fingerprint density at radius 3 is 2.90 bits per heavy atom. The third-order valence-corrected chi connectivity index (χ3v) is 0.833. The predicted molar refractivity (Wildman–Crippen MR) is 37.7 cm³/mol. The minimum atomic E-state index is -0.569. The zero-order valence-corrected chi connectivity index (χ0v) is 5.76. The van der Waals surface area contributed by atoms with Gasteiger partial charge >= 0.3 is 5.97 Å². The first-order chi connectivity index (χ1) is 4.72. The summed E-state index contributed by atoms with van der Waals surface area (Å²) in [5.41, 5.74) is 5.25. The van der Waals surface area contributed by atoms with Crippen LogP contribution in [0.15, 0.2) is 11.8 Å². The van der Waals surface area contributed by atoms with Crippen molar-refractivity contribution in [2.45, 2.75) is 6.92 Å². The number of carbonyl (C=O) groups is 1. The largest absolute Gasteiger partial charge is 0.448 e. The van der Waals surface area contributed by atoms with Crippen molar-refractivity contribution in [1.82, 2.24) is 0 Å². The molecule has 0 aliphatic heterocycles. The Hall–Kier alpha value is -1.43. The van der Waals surface area contributed by atoms with Gasteiger partial charge in [0.2, 0.25) is 0 Å². The molecule has 2 N–H and O–H groups in total. The SMILES string of the molecule is C#CCOC(=O)/C(N)=C/C. The number of terminal acetylenes is 1. The number of nitrogens with two attached hydrogens (primary N) is 1. The highest BCUT2D eigenvalue weighted by Gasteiger charge is 2.02. The quantitative estimate of drug-likeness (QED) is 0.333. The first-order valence-electron chi connectivity index (χ1n) is 2.74. The Bertz CT molecular complexity index is 188. The summed E-state index contributed by atoms with van der Waals surface area (Å²) in [5.74, 6) is 1.58. The van der Waals surface area contributed by atoms with Gasteiger partial charge in [-0.15, -0.1) is 6.42 Å². The smallest absolute Gasteiger partial charge is 0.354 e. The Morgan fingerprint density at radius 1 is 1.90 bits per heavy atom. The molecule has 0 unspecified atom stereocenters. The third kappa shape index (κ3) is 2.78. The first-order valence-corrected chi connectivity index (χ1v) is 2.74. The van der Waals surface area contributed by atoms with E-state index in [0.717, 1.165) is 0 Å². The fourth-order valence-electron chi connectivity index (χ4n) is 0.308. The molecule has 0 saturated carbocycles. The summed E-state index contributed by atoms with van der Waals surface area (Å²) in [6, 6.07) is 0. The monoisotopic (exact) mass is 139 g/mol. The van der Waals surface area contributed by atoms with Crippen molar-refractivity contribution in [3.8, 4) is 12.3 Å². The molecule has 0 aromatic carbocycles. The van der Waals surface area contributed by atoms with E-state index in [9.17, 15) is 4.79 Å². The minimum absolute atomic E-state index is 0.0344. The van der Waals surface area contributed by atoms with E-state index in [0.29, 0.717) is 0 Å². The van der Waals surface area contributed by atoms with Crippen LogP contribution in [0, 0.1) is 12.3 Å². The second kappa shape index (κ2) is 4.45. The molecular formula is C7H9NO2. The lowest BCUT2D eigenvalue weighted by atomic mass is 10.4. The Balaban J connectivity index is 3.77. The highest BCUT2D eigenvalue weighted by atomic mass is 16.5. The summed E-state index contributed by atoms with van der Waals surface area (Å²) in [5, 5.41) is 0. The van der Waals surface area contributed by atoms with Gasteiger partial charge in [-0.2, -0.15) is 0 Å². The molecule has 0 aliphatic carbocycles. The van der Waals surface area contributed by atoms with Crippen LogP contribution in [0.25, 0.3) is 0 Å². The molecule has 0 aromatic rings. The second-order valence-electron chi connectivity index (χ2n) is 1.52. The van der Waals surface area contributed by atoms with Crippen molar-refractivity contribution in [2.75, 3.05) is 6.61 Å². The Kier molecular flexibility index (Phi) is 3.81. The van der Waals surface area contributed by atoms with Gasteiger partial charge in [-0.05, 0) is 6.92 Å². The van der Waals surface area contributed by atoms with E-state index >= 15 is 0 Å². The van der Waals surface area contributed by atoms with E-state index < -0.39 is 5.97 Å². The summed E-state index contributed by atoms with van der Waals surface area (Å²) < 4.78 is 4.48. The molecule has 0 radical (unpaired) electrons. The molecule has 0 heterocycles. The van der Waals surface area contributed by atoms with Crippen molar-refractivity contribution in [2.24, 2.45) is 5.73 Å². The van der Waals surface area contributed by atoms with Crippen molar-refractivity contribution in [3.05, 3.63) is 11.8 Å². The van der Waals surface area contributed by atoms with Gasteiger partial charge in [-0.25, -0.2) is 4.79 Å². The average Bonchev–Trinajstić information content (AvgIpc) is 1.98. The lowest BCUT2D eigenvalue weighted by molar-refractivity contribution is -0.137. The number of allylic oxidation sites excluding steroid dienone is 1. The number of carbonyl (C=O) groups excluding carboxylic acids is 1. The van der Waals surface area contributed by atoms with Gasteiger partial charge in [0.25, 0.3) is 0 Å². The molecule has 0 rings (SSSR count). The summed E-state index contributed by atoms with van der Waals surface area (Å²) >= 11 is 0. The van der Waals surface area contributed by atoms with Crippen LogP contribution < -0.4 is 5.73 Å². The highest BCUT2D eigenvalue weighted by Crippen LogP contribution is 1.87. The summed E-state index contributed by atoms with van der Waals surface area (Å²) in [6.45, 7) is 1.61. The van der Waals surface area contributed by atoms with Crippen LogP contribution in [0.1, 0.15) is 6.92 Å². The van der Waals surface area contributed by atoms with Crippen LogP contribution in [-0.4, -0.2) is 12.6 Å². The van der Waals surface area contributed by atoms with E-state index in [1.807, 2.05) is 0 Å². The molecule has 0 saturated heterocycles. The molecule has 54 valence electrons. The van der Waals surface area contributed by atoms with Crippen LogP contribution in [0.2, 0.25) is 0 Å². The van der Waals surface area contributed by atoms with Crippen LogP contribution in [0.4, 0.5) is 0 Å². The van der Waals surface area contributed by atoms with Gasteiger partial charge in [-0.3, -0.25) is 0 Å². The van der Waals surface area contributed by atoms with Crippen LogP contribution in [-0.2, 0) is 9.53 Å². The highest BCUT2D eigenvalue weighted by molar-refractivity contribution is 5.87. The standard InChI is InChI=1S/C7H9NO2/c1-3-5-10-7(9)6(8)4-2/h1,4H,5,8H2,2H3/b6-4-. The second-order valence-corrected chi connectivity index (χ2v) is 1.52. The number of rotatable bonds is 2. The molecule has 0 bridgehead atoms. The first kappa shape index (κ1) is 8.57. The minimum Gasteiger partial charge on any atom is -0.448 e. The molecule has 0 aliphatic rings. The summed E-state index contributed by atoms with van der Waals surface area (Å²) in [6.07, 6.45) is 6.29. The zero-order chi connectivity index (χ0) is 7.98. The van der Waals surface area contributed by atoms with Crippen molar-refractivity contribution < 1.29 is 9.53 Å². The number of esters is 1. The number of hydrogen-bond acceptors (Lipinski definition) is 3. The van der Waals surface area contributed by atoms with Gasteiger partial charge in [0.15, 0.2) is 6.61 Å². The third-order valence-electron chi connectivity index (χ3n) is 0.833. The van der Waals surface area contributed by atoms with Gasteiger partial charge in [0, 0.05) is 0 Å². The fraction of sp³-hybridized carbons (Fsp3) is 0.286. The lowest BCUT2D eigenvalue weighted by Crippen LogP contribution is -2.14. The van der Waals surface area contributed by atoms with Crippen molar-refractivity contribution in [3.63, 3.8) is 0 Å². The summed E-state index contributed by atoms with van der Waals surface area (Å²) in [4.78, 5) is 10.6. The van der Waals surface area contributed by atoms with E-state index in [1.54, 1.807) is 6.92 Å². The van der Waals surface area contributed by atoms with Crippen LogP contribution >= 0.6 is 0 Å². The number of ether oxygens (including phenoxy) is 1. The van der Waals surface area contributed by atoms with Crippen molar-refractivity contribution in [1.29, 1.82) is 0 Å². The molecule has 0 spiro atoms. The van der Waals surface area contributed by atoms with E-state index in [4.69, 9.17) is 12.2 Å². The molecule has 3 heteroatoms. The maximum absolute atomic E-state index is 10.6. The van der Waals surface area contributed by atoms with Gasteiger partial charge < -0.3 is 10.5 Å². The maximum Gasteiger partial charge on any atom is 0.354 e. The molecule has 3 nitrogen and oxygen atoms in total. The zero-order valence-electron chi connectivity index (χ0n) is 5.76. The Morgan fingerprint density at radius 2 is 2.50 bits per heavy atom. The molecule has 10 heavy (non-hydrogen) atoms. The van der Waals surface area contributed by atoms with Crippen molar-refractivity contribution >= 4 is 5.97 Å². The Labute approximate surface area is 59.9 Å². The maximum atomic E-state index is 10.6. The average molecular weight is 139 g/mol. The van der Waals surface area contributed by atoms with Gasteiger partial charge in [-0.1, -0.05) is 12.0 Å². The van der Waals surface area contributed by atoms with Gasteiger partial charge in [0.05, 0.1) is 0 Å². The van der Waals surface area contributed by atoms with E-state index in [-0.39, 0.29) is 12.3 Å². The van der Waals surface area contributed by atoms with Crippen LogP contribution in [0.5, 0.6) is 0 Å². The molecular weight excluding hydrogens is 130 g/mol. The molecule has 0 amide bonds. The molecule has 0 aromatic heterocycles. The normalized spacial score (nSPS) is 10.2. The van der Waals surface area contributed by atoms with Crippen LogP contribution in [0.3, 0.4) is 0 Å². The van der Waals surface area contributed by atoms with E-state index in [2.05, 4.69) is 10.7 Å². The fourth-order valence-corrected chi connectivity index (χ4v) is 0.308. The van der Waals surface area contributed by atoms with E-state index in [1.165, 1.54) is 6.08 Å². The number of hydrogen-bond donors (Lipinski definition) is 1. The molecule has 0 fully saturated rings. The van der Waals surface area contributed by atoms with Gasteiger partial charge in [0.1, 0.15) is 5.70 Å².